The maximum atomic E-state index is 5.84. The Balaban J connectivity index is 2.85. The molecule has 2 rings (SSSR count). The van der Waals surface area contributed by atoms with E-state index in [9.17, 15) is 0 Å². The van der Waals surface area contributed by atoms with Crippen molar-refractivity contribution in [2.45, 2.75) is 13.1 Å². The second-order valence-corrected chi connectivity index (χ2v) is 3.44. The summed E-state index contributed by atoms with van der Waals surface area (Å²) in [5.41, 5.74) is 0. The first-order valence-electron chi connectivity index (χ1n) is 3.92. The number of rotatable bonds is 0. The van der Waals surface area contributed by atoms with Crippen molar-refractivity contribution in [1.82, 2.24) is 4.58 Å². The lowest BCUT2D eigenvalue weighted by atomic mass is 10.3. The second kappa shape index (κ2) is 2.56. The highest BCUT2D eigenvalue weighted by Gasteiger charge is 2.16. The third-order valence-corrected chi connectivity index (χ3v) is 2.44. The Morgan fingerprint density at radius 3 is 3.00 bits per heavy atom. The average molecular weight is 182 g/mol. The molecule has 0 amide bonds. The lowest BCUT2D eigenvalue weighted by Crippen LogP contribution is -2.33. The molecule has 0 saturated heterocycles. The Hall–Kier alpha value is -0.890. The van der Waals surface area contributed by atoms with E-state index >= 15 is 0 Å². The topological polar surface area (TPSA) is 15.4 Å². The van der Waals surface area contributed by atoms with E-state index in [1.807, 2.05) is 25.2 Å². The highest BCUT2D eigenvalue weighted by atomic mass is 35.5. The van der Waals surface area contributed by atoms with Crippen LogP contribution in [0, 0.1) is 0 Å². The van der Waals surface area contributed by atoms with Crippen LogP contribution in [0.2, 0.25) is 5.02 Å². The molecule has 0 bridgehead atoms. The minimum atomic E-state index is 0.235. The second-order valence-electron chi connectivity index (χ2n) is 3.00. The fourth-order valence-electron chi connectivity index (χ4n) is 1.39. The van der Waals surface area contributed by atoms with E-state index in [0.717, 1.165) is 15.7 Å². The van der Waals surface area contributed by atoms with Crippen LogP contribution < -0.4 is 15.3 Å². The van der Waals surface area contributed by atoms with Gasteiger partial charge in [-0.05, 0) is 12.1 Å². The van der Waals surface area contributed by atoms with Crippen molar-refractivity contribution < 1.29 is 0 Å². The highest BCUT2D eigenvalue weighted by Crippen LogP contribution is 2.01. The van der Waals surface area contributed by atoms with Crippen LogP contribution >= 0.6 is 11.6 Å². The molecule has 0 fully saturated rings. The molecule has 1 atom stereocenters. The van der Waals surface area contributed by atoms with Crippen molar-refractivity contribution in [2.75, 3.05) is 7.05 Å². The summed E-state index contributed by atoms with van der Waals surface area (Å²) < 4.78 is 2.13. The zero-order chi connectivity index (χ0) is 8.72. The van der Waals surface area contributed by atoms with E-state index in [2.05, 4.69) is 16.5 Å². The molecule has 1 heterocycles. The molecular weight excluding hydrogens is 172 g/mol. The molecule has 0 radical (unpaired) electrons. The summed E-state index contributed by atoms with van der Waals surface area (Å²) in [4.78, 5) is 4.44. The molecule has 0 saturated carbocycles. The summed E-state index contributed by atoms with van der Waals surface area (Å²) in [5.74, 6) is 0. The Bertz CT molecular complexity index is 436. The average Bonchev–Trinajstić information content (AvgIpc) is 2.28. The van der Waals surface area contributed by atoms with Crippen LogP contribution in [0.3, 0.4) is 0 Å². The maximum Gasteiger partial charge on any atom is 0.243 e. The van der Waals surface area contributed by atoms with Gasteiger partial charge in [-0.15, -0.1) is 0 Å². The first kappa shape index (κ1) is 7.74. The van der Waals surface area contributed by atoms with Crippen LogP contribution in [0.15, 0.2) is 23.2 Å². The van der Waals surface area contributed by atoms with Crippen molar-refractivity contribution in [3.8, 4) is 0 Å². The minimum Gasteiger partial charge on any atom is -0.211 e. The molecule has 2 nitrogen and oxygen atoms in total. The predicted molar refractivity (Wildman–Crippen MR) is 48.9 cm³/mol. The fraction of sp³-hybridized carbons (Fsp3) is 0.333. The van der Waals surface area contributed by atoms with Gasteiger partial charge in [0, 0.05) is 18.0 Å². The van der Waals surface area contributed by atoms with Gasteiger partial charge in [-0.1, -0.05) is 11.6 Å². The number of hydrogen-bond acceptors (Lipinski definition) is 1. The third-order valence-electron chi connectivity index (χ3n) is 2.20. The van der Waals surface area contributed by atoms with E-state index in [1.54, 1.807) is 0 Å². The summed E-state index contributed by atoms with van der Waals surface area (Å²) in [6.07, 6.45) is 0.235. The number of fused-ring (bicyclic) bond motifs is 1. The van der Waals surface area contributed by atoms with Gasteiger partial charge in [-0.2, -0.15) is 0 Å². The van der Waals surface area contributed by atoms with Crippen LogP contribution in [-0.2, 0) is 0 Å². The van der Waals surface area contributed by atoms with E-state index in [-0.39, 0.29) is 6.17 Å². The Kier molecular flexibility index (Phi) is 1.65. The molecule has 0 N–H and O–H groups in total. The van der Waals surface area contributed by atoms with Crippen molar-refractivity contribution in [1.29, 1.82) is 0 Å². The van der Waals surface area contributed by atoms with Gasteiger partial charge in [-0.25, -0.2) is 9.57 Å². The van der Waals surface area contributed by atoms with Gasteiger partial charge in [0.2, 0.25) is 11.5 Å². The van der Waals surface area contributed by atoms with Crippen LogP contribution in [0.25, 0.3) is 0 Å². The van der Waals surface area contributed by atoms with Gasteiger partial charge >= 0.3 is 0 Å². The number of hydrogen-bond donors (Lipinski definition) is 0. The summed E-state index contributed by atoms with van der Waals surface area (Å²) in [6, 6.07) is 5.80. The molecule has 0 aliphatic carbocycles. The smallest absolute Gasteiger partial charge is 0.211 e. The van der Waals surface area contributed by atoms with Crippen molar-refractivity contribution in [3.63, 3.8) is 0 Å². The highest BCUT2D eigenvalue weighted by molar-refractivity contribution is 6.30. The first-order valence-corrected chi connectivity index (χ1v) is 4.29. The molecule has 0 spiro atoms. The SMILES string of the molecule is CC1N=c2cc(Cl)ccc2=[N+]1C. The van der Waals surface area contributed by atoms with Gasteiger partial charge in [-0.3, -0.25) is 0 Å². The molecule has 62 valence electrons. The quantitative estimate of drug-likeness (QED) is 0.517. The van der Waals surface area contributed by atoms with Crippen LogP contribution in [-0.4, -0.2) is 13.2 Å². The van der Waals surface area contributed by atoms with Gasteiger partial charge in [0.15, 0.2) is 0 Å². The zero-order valence-electron chi connectivity index (χ0n) is 7.08. The third kappa shape index (κ3) is 1.03. The summed E-state index contributed by atoms with van der Waals surface area (Å²) >= 11 is 5.84. The van der Waals surface area contributed by atoms with E-state index in [4.69, 9.17) is 11.6 Å². The number of benzene rings is 1. The standard InChI is InChI=1S/C9H10ClN2/c1-6-11-8-5-7(10)3-4-9(8)12(6)2/h3-6H,1-2H3/q+1. The molecule has 1 aliphatic rings. The molecule has 0 aromatic heterocycles. The number of halogens is 1. The molecular formula is C9H10ClN2+. The maximum absolute atomic E-state index is 5.84. The molecule has 12 heavy (non-hydrogen) atoms. The van der Waals surface area contributed by atoms with Crippen LogP contribution in [0.4, 0.5) is 0 Å². The molecule has 1 aromatic rings. The minimum absolute atomic E-state index is 0.235. The van der Waals surface area contributed by atoms with Crippen molar-refractivity contribution >= 4 is 11.6 Å². The molecule has 1 aliphatic heterocycles. The fourth-order valence-corrected chi connectivity index (χ4v) is 1.55. The molecule has 3 heteroatoms. The largest absolute Gasteiger partial charge is 0.243 e. The Morgan fingerprint density at radius 2 is 2.25 bits per heavy atom. The summed E-state index contributed by atoms with van der Waals surface area (Å²) in [5, 5.41) is 2.91. The van der Waals surface area contributed by atoms with E-state index in [1.165, 1.54) is 0 Å². The van der Waals surface area contributed by atoms with Gasteiger partial charge in [0.25, 0.3) is 0 Å². The van der Waals surface area contributed by atoms with Gasteiger partial charge in [0.05, 0.1) is 0 Å². The van der Waals surface area contributed by atoms with Gasteiger partial charge in [0.1, 0.15) is 12.4 Å². The van der Waals surface area contributed by atoms with Crippen LogP contribution in [0.1, 0.15) is 6.92 Å². The Labute approximate surface area is 75.8 Å². The van der Waals surface area contributed by atoms with Crippen molar-refractivity contribution in [3.05, 3.63) is 33.9 Å². The van der Waals surface area contributed by atoms with E-state index in [0.29, 0.717) is 0 Å². The molecule has 1 unspecified atom stereocenters. The predicted octanol–water partition coefficient (Wildman–Crippen LogP) is 0.440. The lowest BCUT2D eigenvalue weighted by molar-refractivity contribution is 0.563. The number of nitrogens with zero attached hydrogens (tertiary/aromatic N) is 2. The first-order chi connectivity index (χ1) is 5.68. The van der Waals surface area contributed by atoms with Crippen LogP contribution in [0.5, 0.6) is 0 Å². The Morgan fingerprint density at radius 1 is 1.50 bits per heavy atom. The summed E-state index contributed by atoms with van der Waals surface area (Å²) in [6.45, 7) is 2.06. The normalized spacial score (nSPS) is 20.6. The zero-order valence-corrected chi connectivity index (χ0v) is 7.84. The summed E-state index contributed by atoms with van der Waals surface area (Å²) in [7, 11) is 2.04. The molecule has 1 aromatic carbocycles. The van der Waals surface area contributed by atoms with Gasteiger partial charge < -0.3 is 0 Å². The lowest BCUT2D eigenvalue weighted by Gasteiger charge is -1.92. The van der Waals surface area contributed by atoms with E-state index < -0.39 is 0 Å². The van der Waals surface area contributed by atoms with Crippen molar-refractivity contribution in [2.24, 2.45) is 4.99 Å². The monoisotopic (exact) mass is 181 g/mol.